The Morgan fingerprint density at radius 2 is 2.00 bits per heavy atom. The number of amides is 1. The van der Waals surface area contributed by atoms with Gasteiger partial charge in [0.25, 0.3) is 5.22 Å². The van der Waals surface area contributed by atoms with Gasteiger partial charge in [0.1, 0.15) is 0 Å². The van der Waals surface area contributed by atoms with Gasteiger partial charge in [0.15, 0.2) is 0 Å². The van der Waals surface area contributed by atoms with E-state index in [2.05, 4.69) is 53.6 Å². The third-order valence-electron chi connectivity index (χ3n) is 3.43. The highest BCUT2D eigenvalue weighted by Gasteiger charge is 2.09. The molecule has 1 aromatic heterocycles. The first-order chi connectivity index (χ1) is 11.6. The predicted molar refractivity (Wildman–Crippen MR) is 99.5 cm³/mol. The van der Waals surface area contributed by atoms with E-state index in [1.165, 1.54) is 22.9 Å². The van der Waals surface area contributed by atoms with E-state index >= 15 is 0 Å². The highest BCUT2D eigenvalue weighted by molar-refractivity contribution is 7.99. The van der Waals surface area contributed by atoms with Gasteiger partial charge in [0.2, 0.25) is 11.8 Å². The molecule has 7 heteroatoms. The van der Waals surface area contributed by atoms with Crippen LogP contribution in [0.1, 0.15) is 36.8 Å². The first kappa shape index (κ1) is 18.9. The summed E-state index contributed by atoms with van der Waals surface area (Å²) in [6.45, 7) is 4.99. The largest absolute Gasteiger partial charge is 0.415 e. The number of benzene rings is 1. The highest BCUT2D eigenvalue weighted by atomic mass is 32.2. The van der Waals surface area contributed by atoms with E-state index in [9.17, 15) is 4.79 Å². The third-order valence-corrected chi connectivity index (χ3v) is 4.78. The maximum atomic E-state index is 11.9. The lowest BCUT2D eigenvalue weighted by atomic mass is 10.0. The maximum Gasteiger partial charge on any atom is 0.277 e. The van der Waals surface area contributed by atoms with E-state index in [0.29, 0.717) is 29.3 Å². The topological polar surface area (TPSA) is 68.0 Å². The summed E-state index contributed by atoms with van der Waals surface area (Å²) in [5.74, 6) is 2.08. The molecule has 0 saturated carbocycles. The van der Waals surface area contributed by atoms with E-state index in [1.807, 2.05) is 6.26 Å². The summed E-state index contributed by atoms with van der Waals surface area (Å²) in [5.41, 5.74) is 2.56. The minimum absolute atomic E-state index is 0.0246. The van der Waals surface area contributed by atoms with E-state index in [1.54, 1.807) is 11.8 Å². The molecule has 0 aliphatic carbocycles. The molecule has 0 aliphatic heterocycles. The SMILES string of the molecule is CSCc1nnc(SCC(=O)NCCc2ccc(C(C)C)cc2)o1. The fourth-order valence-corrected chi connectivity index (χ4v) is 3.05. The number of carbonyl (C=O) groups is 1. The number of aromatic nitrogens is 2. The average molecular weight is 366 g/mol. The Hall–Kier alpha value is -1.47. The minimum Gasteiger partial charge on any atom is -0.415 e. The van der Waals surface area contributed by atoms with Gasteiger partial charge in [-0.15, -0.1) is 10.2 Å². The molecule has 0 aliphatic rings. The lowest BCUT2D eigenvalue weighted by molar-refractivity contribution is -0.118. The van der Waals surface area contributed by atoms with Crippen molar-refractivity contribution >= 4 is 29.4 Å². The van der Waals surface area contributed by atoms with Crippen molar-refractivity contribution in [2.24, 2.45) is 0 Å². The summed E-state index contributed by atoms with van der Waals surface area (Å²) >= 11 is 2.88. The Labute approximate surface area is 151 Å². The van der Waals surface area contributed by atoms with Crippen LogP contribution in [-0.4, -0.2) is 34.7 Å². The number of nitrogens with one attached hydrogen (secondary N) is 1. The van der Waals surface area contributed by atoms with Gasteiger partial charge >= 0.3 is 0 Å². The summed E-state index contributed by atoms with van der Waals surface area (Å²) in [6, 6.07) is 8.56. The summed E-state index contributed by atoms with van der Waals surface area (Å²) in [6.07, 6.45) is 2.80. The molecule has 24 heavy (non-hydrogen) atoms. The molecule has 0 atom stereocenters. The number of rotatable bonds is 9. The zero-order valence-corrected chi connectivity index (χ0v) is 15.9. The molecule has 0 saturated heterocycles. The lowest BCUT2D eigenvalue weighted by Gasteiger charge is -2.07. The van der Waals surface area contributed by atoms with Crippen molar-refractivity contribution in [3.8, 4) is 0 Å². The van der Waals surface area contributed by atoms with Crippen LogP contribution in [0, 0.1) is 0 Å². The van der Waals surface area contributed by atoms with E-state index < -0.39 is 0 Å². The van der Waals surface area contributed by atoms with Crippen molar-refractivity contribution in [1.29, 1.82) is 0 Å². The molecule has 2 rings (SSSR count). The second-order valence-corrected chi connectivity index (χ2v) is 7.47. The molecular weight excluding hydrogens is 342 g/mol. The number of nitrogens with zero attached hydrogens (tertiary/aromatic N) is 2. The number of hydrogen-bond donors (Lipinski definition) is 1. The normalized spacial score (nSPS) is 11.0. The Morgan fingerprint density at radius 1 is 1.25 bits per heavy atom. The van der Waals surface area contributed by atoms with E-state index in [4.69, 9.17) is 4.42 Å². The molecule has 5 nitrogen and oxygen atoms in total. The molecule has 2 aromatic rings. The predicted octanol–water partition coefficient (Wildman–Crippen LogP) is 3.51. The molecule has 0 unspecified atom stereocenters. The molecule has 0 fully saturated rings. The monoisotopic (exact) mass is 365 g/mol. The van der Waals surface area contributed by atoms with Gasteiger partial charge in [0, 0.05) is 6.54 Å². The summed E-state index contributed by atoms with van der Waals surface area (Å²) in [7, 11) is 0. The van der Waals surface area contributed by atoms with Crippen molar-refractivity contribution in [3.63, 3.8) is 0 Å². The van der Waals surface area contributed by atoms with Crippen LogP contribution in [0.3, 0.4) is 0 Å². The molecule has 130 valence electrons. The van der Waals surface area contributed by atoms with Gasteiger partial charge in [-0.1, -0.05) is 49.9 Å². The van der Waals surface area contributed by atoms with Crippen LogP contribution in [0.5, 0.6) is 0 Å². The van der Waals surface area contributed by atoms with Crippen LogP contribution >= 0.6 is 23.5 Å². The van der Waals surface area contributed by atoms with Gasteiger partial charge in [-0.2, -0.15) is 11.8 Å². The Balaban J connectivity index is 1.67. The van der Waals surface area contributed by atoms with Crippen LogP contribution in [0.15, 0.2) is 33.9 Å². The van der Waals surface area contributed by atoms with Gasteiger partial charge in [-0.3, -0.25) is 4.79 Å². The molecule has 0 spiro atoms. The van der Waals surface area contributed by atoms with Crippen LogP contribution in [-0.2, 0) is 17.0 Å². The summed E-state index contributed by atoms with van der Waals surface area (Å²) < 4.78 is 5.42. The van der Waals surface area contributed by atoms with Crippen LogP contribution in [0.2, 0.25) is 0 Å². The first-order valence-corrected chi connectivity index (χ1v) is 10.3. The number of carbonyl (C=O) groups excluding carboxylic acids is 1. The van der Waals surface area contributed by atoms with Crippen molar-refractivity contribution in [2.45, 2.75) is 37.2 Å². The molecule has 1 amide bonds. The van der Waals surface area contributed by atoms with Crippen LogP contribution in [0.4, 0.5) is 0 Å². The van der Waals surface area contributed by atoms with Crippen LogP contribution in [0.25, 0.3) is 0 Å². The van der Waals surface area contributed by atoms with Crippen molar-refractivity contribution in [2.75, 3.05) is 18.6 Å². The minimum atomic E-state index is -0.0246. The van der Waals surface area contributed by atoms with Gasteiger partial charge in [-0.25, -0.2) is 0 Å². The quantitative estimate of drug-likeness (QED) is 0.686. The average Bonchev–Trinajstić information content (AvgIpc) is 3.01. The molecular formula is C17H23N3O2S2. The van der Waals surface area contributed by atoms with E-state index in [0.717, 1.165) is 6.42 Å². The van der Waals surface area contributed by atoms with Gasteiger partial charge < -0.3 is 9.73 Å². The zero-order valence-electron chi connectivity index (χ0n) is 14.2. The Kier molecular flexibility index (Phi) is 7.65. The van der Waals surface area contributed by atoms with E-state index in [-0.39, 0.29) is 11.7 Å². The molecule has 0 bridgehead atoms. The lowest BCUT2D eigenvalue weighted by Crippen LogP contribution is -2.27. The number of hydrogen-bond acceptors (Lipinski definition) is 6. The molecule has 1 N–H and O–H groups in total. The first-order valence-electron chi connectivity index (χ1n) is 7.88. The summed E-state index contributed by atoms with van der Waals surface area (Å²) in [4.78, 5) is 11.9. The second-order valence-electron chi connectivity index (χ2n) is 5.68. The van der Waals surface area contributed by atoms with Crippen molar-refractivity contribution in [3.05, 3.63) is 41.3 Å². The van der Waals surface area contributed by atoms with Gasteiger partial charge in [-0.05, 0) is 29.7 Å². The highest BCUT2D eigenvalue weighted by Crippen LogP contribution is 2.18. The maximum absolute atomic E-state index is 11.9. The number of thioether (sulfide) groups is 2. The second kappa shape index (κ2) is 9.74. The molecule has 1 aromatic carbocycles. The smallest absolute Gasteiger partial charge is 0.277 e. The fraction of sp³-hybridized carbons (Fsp3) is 0.471. The summed E-state index contributed by atoms with van der Waals surface area (Å²) in [5, 5.41) is 11.2. The van der Waals surface area contributed by atoms with Crippen molar-refractivity contribution < 1.29 is 9.21 Å². The molecule has 0 radical (unpaired) electrons. The Morgan fingerprint density at radius 3 is 2.67 bits per heavy atom. The Bertz CT molecular complexity index is 642. The standard InChI is InChI=1S/C17H23N3O2S2/c1-12(2)14-6-4-13(5-7-14)8-9-18-15(21)10-24-17-20-19-16(22-17)11-23-3/h4-7,12H,8-11H2,1-3H3,(H,18,21). The third kappa shape index (κ3) is 6.20. The molecule has 1 heterocycles. The van der Waals surface area contributed by atoms with Crippen LogP contribution < -0.4 is 5.32 Å². The van der Waals surface area contributed by atoms with Gasteiger partial charge in [0.05, 0.1) is 11.5 Å². The van der Waals surface area contributed by atoms with Crippen molar-refractivity contribution in [1.82, 2.24) is 15.5 Å². The fourth-order valence-electron chi connectivity index (χ4n) is 2.07. The zero-order chi connectivity index (χ0) is 17.4.